The molecule has 6 rings (SSSR count). The van der Waals surface area contributed by atoms with Crippen molar-refractivity contribution in [2.75, 3.05) is 42.5 Å². The number of halogens is 4. The predicted molar refractivity (Wildman–Crippen MR) is 205 cm³/mol. The predicted octanol–water partition coefficient (Wildman–Crippen LogP) is 4.22. The highest BCUT2D eigenvalue weighted by Gasteiger charge is 2.34. The number of primary amides is 1. The third-order valence-corrected chi connectivity index (χ3v) is 9.00. The molecule has 0 unspecified atom stereocenters. The summed E-state index contributed by atoms with van der Waals surface area (Å²) in [4.78, 5) is 59.4. The van der Waals surface area contributed by atoms with Gasteiger partial charge in [-0.1, -0.05) is 24.3 Å². The summed E-state index contributed by atoms with van der Waals surface area (Å²) < 4.78 is 68.0. The highest BCUT2D eigenvalue weighted by molar-refractivity contribution is 5.91. The largest absolute Gasteiger partial charge is 0.442 e. The van der Waals surface area contributed by atoms with Gasteiger partial charge < -0.3 is 36.9 Å². The molecular weight excluding hydrogens is 766 g/mol. The summed E-state index contributed by atoms with van der Waals surface area (Å²) in [7, 11) is 0. The molecule has 0 bridgehead atoms. The summed E-state index contributed by atoms with van der Waals surface area (Å²) in [5.74, 6) is -3.30. The van der Waals surface area contributed by atoms with Crippen molar-refractivity contribution in [3.63, 3.8) is 0 Å². The average molecular weight is 808 g/mol. The molecule has 0 spiro atoms. The Morgan fingerprint density at radius 1 is 0.672 bits per heavy atom. The van der Waals surface area contributed by atoms with Crippen LogP contribution in [0, 0.1) is 23.3 Å². The normalized spacial score (nSPS) is 16.0. The molecule has 0 saturated carbocycles. The van der Waals surface area contributed by atoms with Crippen LogP contribution < -0.4 is 37.2 Å². The van der Waals surface area contributed by atoms with Crippen LogP contribution in [0.4, 0.5) is 38.5 Å². The van der Waals surface area contributed by atoms with Crippen LogP contribution in [-0.4, -0.2) is 74.8 Å². The van der Waals surface area contributed by atoms with Crippen LogP contribution in [0.2, 0.25) is 0 Å². The second-order valence-corrected chi connectivity index (χ2v) is 13.3. The van der Waals surface area contributed by atoms with Crippen LogP contribution in [0.25, 0.3) is 22.3 Å². The minimum atomic E-state index is -0.638. The number of amides is 5. The van der Waals surface area contributed by atoms with Crippen molar-refractivity contribution in [1.29, 1.82) is 0 Å². The molecule has 5 amide bonds. The van der Waals surface area contributed by atoms with Crippen molar-refractivity contribution < 1.29 is 51.0 Å². The lowest BCUT2D eigenvalue weighted by molar-refractivity contribution is -0.120. The summed E-state index contributed by atoms with van der Waals surface area (Å²) in [6, 6.07) is 17.0. The number of anilines is 2. The highest BCUT2D eigenvalue weighted by atomic mass is 19.1. The molecule has 2 aliphatic rings. The van der Waals surface area contributed by atoms with Gasteiger partial charge in [-0.25, -0.2) is 27.2 Å². The van der Waals surface area contributed by atoms with E-state index in [4.69, 9.17) is 20.9 Å². The molecule has 0 radical (unpaired) electrons. The zero-order chi connectivity index (χ0) is 42.1. The van der Waals surface area contributed by atoms with Gasteiger partial charge in [0, 0.05) is 49.2 Å². The molecule has 2 fully saturated rings. The van der Waals surface area contributed by atoms with Crippen LogP contribution in [0.15, 0.2) is 72.8 Å². The van der Waals surface area contributed by atoms with Crippen molar-refractivity contribution in [1.82, 2.24) is 16.0 Å². The molecule has 14 nitrogen and oxygen atoms in total. The van der Waals surface area contributed by atoms with Gasteiger partial charge in [-0.2, -0.15) is 0 Å². The summed E-state index contributed by atoms with van der Waals surface area (Å²) in [5, 5.41) is 7.86. The van der Waals surface area contributed by atoms with Gasteiger partial charge in [-0.15, -0.1) is 0 Å². The first-order valence-electron chi connectivity index (χ1n) is 17.9. The second kappa shape index (κ2) is 19.1. The number of carbonyl (C=O) groups is 5. The SMILES string of the molecule is CC(=O)NC[C@H]1CN(c2ccc(-c3ccc(CN)c(F)c3)c(F)c2)C(=O)O1.CC(=O)NC[C@H]1CN(c2ccc(-c3ccc(CNCC(N)=O)c(F)c3)c(F)c2)C(=O)O1. The summed E-state index contributed by atoms with van der Waals surface area (Å²) >= 11 is 0. The number of rotatable bonds is 13. The fourth-order valence-electron chi connectivity index (χ4n) is 6.06. The maximum Gasteiger partial charge on any atom is 0.414 e. The zero-order valence-electron chi connectivity index (χ0n) is 31.5. The molecule has 306 valence electrons. The highest BCUT2D eigenvalue weighted by Crippen LogP contribution is 2.32. The van der Waals surface area contributed by atoms with E-state index >= 15 is 0 Å². The molecule has 0 aliphatic carbocycles. The van der Waals surface area contributed by atoms with Gasteiger partial charge >= 0.3 is 12.2 Å². The van der Waals surface area contributed by atoms with E-state index in [-0.39, 0.29) is 68.8 Å². The number of nitrogens with one attached hydrogen (secondary N) is 3. The summed E-state index contributed by atoms with van der Waals surface area (Å²) in [5.41, 5.74) is 12.8. The van der Waals surface area contributed by atoms with E-state index in [0.29, 0.717) is 33.6 Å². The number of nitrogens with two attached hydrogens (primary N) is 2. The number of hydrogen-bond donors (Lipinski definition) is 5. The second-order valence-electron chi connectivity index (χ2n) is 13.3. The molecule has 4 aromatic carbocycles. The molecule has 4 aromatic rings. The maximum atomic E-state index is 14.8. The summed E-state index contributed by atoms with van der Waals surface area (Å²) in [6.07, 6.45) is -2.30. The quantitative estimate of drug-likeness (QED) is 0.123. The van der Waals surface area contributed by atoms with Crippen molar-refractivity contribution in [2.45, 2.75) is 39.1 Å². The first kappa shape index (κ1) is 42.6. The van der Waals surface area contributed by atoms with Crippen molar-refractivity contribution in [2.24, 2.45) is 11.5 Å². The molecule has 7 N–H and O–H groups in total. The summed E-state index contributed by atoms with van der Waals surface area (Å²) in [6.45, 7) is 3.51. The Labute approximate surface area is 330 Å². The first-order valence-corrected chi connectivity index (χ1v) is 17.9. The lowest BCUT2D eigenvalue weighted by Gasteiger charge is -2.15. The minimum absolute atomic E-state index is 0.0598. The molecule has 2 aliphatic heterocycles. The lowest BCUT2D eigenvalue weighted by Crippen LogP contribution is -2.33. The van der Waals surface area contributed by atoms with E-state index in [1.807, 2.05) is 0 Å². The van der Waals surface area contributed by atoms with E-state index in [9.17, 15) is 41.5 Å². The minimum Gasteiger partial charge on any atom is -0.442 e. The van der Waals surface area contributed by atoms with E-state index in [0.717, 1.165) is 0 Å². The Kier molecular flexibility index (Phi) is 14.0. The standard InChI is InChI=1S/C21H22F2N4O4.C19H19F2N3O3/c1-12(28)26-9-16-11-27(21(30)31-16)15-4-5-17(19(23)7-15)13-2-3-14(18(22)6-13)8-25-10-20(24)29;1-11(25)23-9-15-10-24(19(26)27-15)14-4-5-16(18(21)7-14)12-2-3-13(8-22)17(20)6-12/h2-7,16,25H,8-11H2,1H3,(H2,24,29)(H,26,28);2-7,15H,8-10,22H2,1H3,(H,23,25)/t16-;15-/m00/s1. The number of carbonyl (C=O) groups excluding carboxylic acids is 5. The zero-order valence-corrected chi connectivity index (χ0v) is 31.5. The topological polar surface area (TPSA) is 198 Å². The number of ether oxygens (including phenoxy) is 2. The van der Waals surface area contributed by atoms with Crippen LogP contribution >= 0.6 is 0 Å². The Morgan fingerprint density at radius 3 is 1.50 bits per heavy atom. The fourth-order valence-corrected chi connectivity index (χ4v) is 6.06. The Morgan fingerprint density at radius 2 is 1.12 bits per heavy atom. The molecule has 2 atom stereocenters. The molecule has 58 heavy (non-hydrogen) atoms. The van der Waals surface area contributed by atoms with Gasteiger partial charge in [-0.3, -0.25) is 24.2 Å². The van der Waals surface area contributed by atoms with E-state index in [1.54, 1.807) is 24.3 Å². The smallest absolute Gasteiger partial charge is 0.414 e. The van der Waals surface area contributed by atoms with Gasteiger partial charge in [0.25, 0.3) is 0 Å². The molecule has 2 saturated heterocycles. The number of benzene rings is 4. The van der Waals surface area contributed by atoms with E-state index in [2.05, 4.69) is 16.0 Å². The van der Waals surface area contributed by atoms with Crippen LogP contribution in [0.1, 0.15) is 25.0 Å². The van der Waals surface area contributed by atoms with Crippen LogP contribution in [0.5, 0.6) is 0 Å². The third-order valence-electron chi connectivity index (χ3n) is 9.00. The van der Waals surface area contributed by atoms with Gasteiger partial charge in [0.15, 0.2) is 0 Å². The molecule has 18 heteroatoms. The monoisotopic (exact) mass is 807 g/mol. The number of hydrogen-bond acceptors (Lipinski definition) is 9. The number of nitrogens with zero attached hydrogens (tertiary/aromatic N) is 2. The Hall–Kier alpha value is -6.53. The van der Waals surface area contributed by atoms with E-state index in [1.165, 1.54) is 72.2 Å². The van der Waals surface area contributed by atoms with E-state index < -0.39 is 53.6 Å². The fraction of sp³-hybridized carbons (Fsp3) is 0.275. The van der Waals surface area contributed by atoms with Gasteiger partial charge in [0.05, 0.1) is 44.1 Å². The molecule has 0 aromatic heterocycles. The maximum absolute atomic E-state index is 14.8. The van der Waals surface area contributed by atoms with Gasteiger partial charge in [0.2, 0.25) is 17.7 Å². The van der Waals surface area contributed by atoms with Crippen molar-refractivity contribution in [3.8, 4) is 22.3 Å². The Bertz CT molecular complexity index is 2210. The molecular formula is C40H41F4N7O7. The van der Waals surface area contributed by atoms with Gasteiger partial charge in [0.1, 0.15) is 35.5 Å². The first-order chi connectivity index (χ1) is 27.6. The third kappa shape index (κ3) is 10.9. The average Bonchev–Trinajstić information content (AvgIpc) is 3.74. The Balaban J connectivity index is 0.000000223. The van der Waals surface area contributed by atoms with Crippen molar-refractivity contribution >= 4 is 41.3 Å². The molecule has 2 heterocycles. The number of cyclic esters (lactones) is 2. The van der Waals surface area contributed by atoms with Crippen molar-refractivity contribution in [3.05, 3.63) is 107 Å². The van der Waals surface area contributed by atoms with Crippen LogP contribution in [0.3, 0.4) is 0 Å². The lowest BCUT2D eigenvalue weighted by atomic mass is 10.0. The van der Waals surface area contributed by atoms with Gasteiger partial charge in [-0.05, 0) is 59.7 Å². The van der Waals surface area contributed by atoms with Crippen LogP contribution in [-0.2, 0) is 36.9 Å².